The molecule has 1 atom stereocenters. The molecule has 0 heterocycles. The zero-order chi connectivity index (χ0) is 12.7. The standard InChI is InChI=1S/C13H20N2O2/c1-4-10(3)14-11-6-8-12(9-7-11)15-13(16)17-5-2/h6-10,14H,4-5H2,1-3H3,(H,15,16). The van der Waals surface area contributed by atoms with Gasteiger partial charge in [0.15, 0.2) is 0 Å². The van der Waals surface area contributed by atoms with Crippen molar-refractivity contribution in [1.29, 1.82) is 0 Å². The molecule has 0 fully saturated rings. The van der Waals surface area contributed by atoms with Crippen molar-refractivity contribution in [1.82, 2.24) is 0 Å². The Morgan fingerprint density at radius 1 is 1.24 bits per heavy atom. The normalized spacial score (nSPS) is 11.7. The van der Waals surface area contributed by atoms with Crippen LogP contribution in [-0.4, -0.2) is 18.7 Å². The van der Waals surface area contributed by atoms with E-state index in [-0.39, 0.29) is 0 Å². The second kappa shape index (κ2) is 6.78. The summed E-state index contributed by atoms with van der Waals surface area (Å²) >= 11 is 0. The van der Waals surface area contributed by atoms with Crippen LogP contribution in [0.4, 0.5) is 16.2 Å². The molecule has 0 aliphatic rings. The first-order chi connectivity index (χ1) is 8.15. The van der Waals surface area contributed by atoms with Crippen LogP contribution in [0.15, 0.2) is 24.3 Å². The smallest absolute Gasteiger partial charge is 0.411 e. The van der Waals surface area contributed by atoms with Gasteiger partial charge < -0.3 is 10.1 Å². The molecule has 0 saturated heterocycles. The highest BCUT2D eigenvalue weighted by Gasteiger charge is 2.02. The molecule has 0 saturated carbocycles. The van der Waals surface area contributed by atoms with Gasteiger partial charge in [-0.15, -0.1) is 0 Å². The number of carbonyl (C=O) groups is 1. The van der Waals surface area contributed by atoms with Crippen molar-refractivity contribution in [2.45, 2.75) is 33.2 Å². The maximum Gasteiger partial charge on any atom is 0.411 e. The lowest BCUT2D eigenvalue weighted by Gasteiger charge is -2.13. The summed E-state index contributed by atoms with van der Waals surface area (Å²) in [5.74, 6) is 0. The van der Waals surface area contributed by atoms with Crippen LogP contribution >= 0.6 is 0 Å². The number of carbonyl (C=O) groups excluding carboxylic acids is 1. The summed E-state index contributed by atoms with van der Waals surface area (Å²) in [5.41, 5.74) is 1.78. The van der Waals surface area contributed by atoms with E-state index in [0.29, 0.717) is 12.6 Å². The predicted octanol–water partition coefficient (Wildman–Crippen LogP) is 3.47. The molecule has 17 heavy (non-hydrogen) atoms. The fourth-order valence-corrected chi connectivity index (χ4v) is 1.32. The number of benzene rings is 1. The summed E-state index contributed by atoms with van der Waals surface area (Å²) in [7, 11) is 0. The van der Waals surface area contributed by atoms with Crippen molar-refractivity contribution in [3.05, 3.63) is 24.3 Å². The highest BCUT2D eigenvalue weighted by molar-refractivity contribution is 5.84. The van der Waals surface area contributed by atoms with Crippen molar-refractivity contribution in [3.63, 3.8) is 0 Å². The number of anilines is 2. The van der Waals surface area contributed by atoms with Crippen molar-refractivity contribution in [3.8, 4) is 0 Å². The van der Waals surface area contributed by atoms with Gasteiger partial charge in [-0.05, 0) is 44.5 Å². The van der Waals surface area contributed by atoms with Crippen LogP contribution < -0.4 is 10.6 Å². The lowest BCUT2D eigenvalue weighted by molar-refractivity contribution is 0.168. The zero-order valence-corrected chi connectivity index (χ0v) is 10.6. The van der Waals surface area contributed by atoms with Gasteiger partial charge in [0.05, 0.1) is 6.61 Å². The molecule has 2 N–H and O–H groups in total. The maximum atomic E-state index is 11.2. The lowest BCUT2D eigenvalue weighted by atomic mass is 10.2. The van der Waals surface area contributed by atoms with E-state index in [1.54, 1.807) is 6.92 Å². The van der Waals surface area contributed by atoms with Gasteiger partial charge >= 0.3 is 6.09 Å². The highest BCUT2D eigenvalue weighted by Crippen LogP contribution is 2.15. The Balaban J connectivity index is 2.52. The van der Waals surface area contributed by atoms with Crippen LogP contribution in [0.25, 0.3) is 0 Å². The van der Waals surface area contributed by atoms with E-state index in [2.05, 4.69) is 24.5 Å². The Morgan fingerprint density at radius 2 is 1.82 bits per heavy atom. The monoisotopic (exact) mass is 236 g/mol. The molecule has 0 radical (unpaired) electrons. The molecule has 0 aliphatic heterocycles. The summed E-state index contributed by atoms with van der Waals surface area (Å²) in [6.07, 6.45) is 0.651. The molecule has 0 spiro atoms. The van der Waals surface area contributed by atoms with E-state index < -0.39 is 6.09 Å². The van der Waals surface area contributed by atoms with Gasteiger partial charge in [-0.3, -0.25) is 5.32 Å². The predicted molar refractivity (Wildman–Crippen MR) is 70.5 cm³/mol. The molecule has 4 nitrogen and oxygen atoms in total. The minimum Gasteiger partial charge on any atom is -0.450 e. The van der Waals surface area contributed by atoms with Crippen LogP contribution in [-0.2, 0) is 4.74 Å². The molecule has 1 unspecified atom stereocenters. The van der Waals surface area contributed by atoms with Crippen LogP contribution in [0.1, 0.15) is 27.2 Å². The average Bonchev–Trinajstić information content (AvgIpc) is 2.32. The molecule has 0 bridgehead atoms. The summed E-state index contributed by atoms with van der Waals surface area (Å²) in [6.45, 7) is 6.41. The molecular formula is C13H20N2O2. The maximum absolute atomic E-state index is 11.2. The summed E-state index contributed by atoms with van der Waals surface area (Å²) in [5, 5.41) is 6.00. The van der Waals surface area contributed by atoms with Gasteiger partial charge in [-0.25, -0.2) is 4.79 Å². The SMILES string of the molecule is CCOC(=O)Nc1ccc(NC(C)CC)cc1. The quantitative estimate of drug-likeness (QED) is 0.823. The third-order valence-electron chi connectivity index (χ3n) is 2.43. The van der Waals surface area contributed by atoms with Crippen molar-refractivity contribution >= 4 is 17.5 Å². The van der Waals surface area contributed by atoms with Gasteiger partial charge in [-0.2, -0.15) is 0 Å². The number of ether oxygens (including phenoxy) is 1. The number of hydrogen-bond donors (Lipinski definition) is 2. The molecule has 1 amide bonds. The number of rotatable bonds is 5. The highest BCUT2D eigenvalue weighted by atomic mass is 16.5. The molecule has 0 aromatic heterocycles. The molecule has 4 heteroatoms. The second-order valence-electron chi connectivity index (χ2n) is 3.88. The molecule has 1 rings (SSSR count). The van der Waals surface area contributed by atoms with Crippen molar-refractivity contribution in [2.24, 2.45) is 0 Å². The topological polar surface area (TPSA) is 50.4 Å². The lowest BCUT2D eigenvalue weighted by Crippen LogP contribution is -2.14. The van der Waals surface area contributed by atoms with Gasteiger partial charge in [0.2, 0.25) is 0 Å². The second-order valence-corrected chi connectivity index (χ2v) is 3.88. The van der Waals surface area contributed by atoms with Gasteiger partial charge in [0.1, 0.15) is 0 Å². The molecule has 94 valence electrons. The summed E-state index contributed by atoms with van der Waals surface area (Å²) in [6, 6.07) is 8.02. The minimum atomic E-state index is -0.421. The van der Waals surface area contributed by atoms with Crippen molar-refractivity contribution < 1.29 is 9.53 Å². The fourth-order valence-electron chi connectivity index (χ4n) is 1.32. The third-order valence-corrected chi connectivity index (χ3v) is 2.43. The van der Waals surface area contributed by atoms with Gasteiger partial charge in [0, 0.05) is 17.4 Å². The van der Waals surface area contributed by atoms with Crippen LogP contribution in [0.2, 0.25) is 0 Å². The summed E-state index contributed by atoms with van der Waals surface area (Å²) in [4.78, 5) is 11.2. The summed E-state index contributed by atoms with van der Waals surface area (Å²) < 4.78 is 4.79. The molecule has 1 aromatic rings. The van der Waals surface area contributed by atoms with Crippen LogP contribution in [0.5, 0.6) is 0 Å². The van der Waals surface area contributed by atoms with E-state index in [1.807, 2.05) is 24.3 Å². The van der Waals surface area contributed by atoms with Gasteiger partial charge in [-0.1, -0.05) is 6.92 Å². The average molecular weight is 236 g/mol. The van der Waals surface area contributed by atoms with Crippen LogP contribution in [0.3, 0.4) is 0 Å². The third kappa shape index (κ3) is 4.76. The Bertz CT molecular complexity index is 349. The first-order valence-electron chi connectivity index (χ1n) is 5.96. The molecule has 1 aromatic carbocycles. The minimum absolute atomic E-state index is 0.374. The van der Waals surface area contributed by atoms with Gasteiger partial charge in [0.25, 0.3) is 0 Å². The fraction of sp³-hybridized carbons (Fsp3) is 0.462. The Hall–Kier alpha value is -1.71. The van der Waals surface area contributed by atoms with E-state index in [4.69, 9.17) is 4.74 Å². The van der Waals surface area contributed by atoms with E-state index >= 15 is 0 Å². The first-order valence-corrected chi connectivity index (χ1v) is 5.96. The first kappa shape index (κ1) is 13.4. The Morgan fingerprint density at radius 3 is 2.35 bits per heavy atom. The van der Waals surface area contributed by atoms with E-state index in [0.717, 1.165) is 17.8 Å². The molecular weight excluding hydrogens is 216 g/mol. The number of amides is 1. The Labute approximate surface area is 102 Å². The largest absolute Gasteiger partial charge is 0.450 e. The zero-order valence-electron chi connectivity index (χ0n) is 10.6. The molecule has 0 aliphatic carbocycles. The number of nitrogens with one attached hydrogen (secondary N) is 2. The van der Waals surface area contributed by atoms with Crippen molar-refractivity contribution in [2.75, 3.05) is 17.2 Å². The van der Waals surface area contributed by atoms with E-state index in [1.165, 1.54) is 0 Å². The van der Waals surface area contributed by atoms with E-state index in [9.17, 15) is 4.79 Å². The van der Waals surface area contributed by atoms with Crippen LogP contribution in [0, 0.1) is 0 Å². The number of hydrogen-bond acceptors (Lipinski definition) is 3. The Kier molecular flexibility index (Phi) is 5.33.